The third-order valence-corrected chi connectivity index (χ3v) is 4.10. The molecule has 1 aromatic heterocycles. The number of ether oxygens (including phenoxy) is 1. The zero-order valence-electron chi connectivity index (χ0n) is 13.3. The van der Waals surface area contributed by atoms with Crippen molar-refractivity contribution in [3.8, 4) is 5.75 Å². The van der Waals surface area contributed by atoms with Gasteiger partial charge in [-0.1, -0.05) is 25.1 Å². The van der Waals surface area contributed by atoms with Crippen LogP contribution in [0.15, 0.2) is 29.6 Å². The van der Waals surface area contributed by atoms with Crippen molar-refractivity contribution in [3.63, 3.8) is 0 Å². The predicted molar refractivity (Wildman–Crippen MR) is 88.9 cm³/mol. The summed E-state index contributed by atoms with van der Waals surface area (Å²) in [4.78, 5) is 4.54. The van der Waals surface area contributed by atoms with Crippen LogP contribution in [0.5, 0.6) is 5.75 Å². The Bertz CT molecular complexity index is 572. The summed E-state index contributed by atoms with van der Waals surface area (Å²) in [6, 6.07) is 8.18. The van der Waals surface area contributed by atoms with Gasteiger partial charge in [0.05, 0.1) is 10.7 Å². The van der Waals surface area contributed by atoms with Gasteiger partial charge in [0.15, 0.2) is 0 Å². The first-order valence-corrected chi connectivity index (χ1v) is 8.25. The van der Waals surface area contributed by atoms with Gasteiger partial charge in [-0.3, -0.25) is 0 Å². The van der Waals surface area contributed by atoms with Crippen molar-refractivity contribution in [1.29, 1.82) is 0 Å². The van der Waals surface area contributed by atoms with E-state index in [1.807, 2.05) is 18.2 Å². The van der Waals surface area contributed by atoms with Crippen molar-refractivity contribution >= 4 is 11.3 Å². The van der Waals surface area contributed by atoms with Crippen LogP contribution in [0.1, 0.15) is 44.0 Å². The zero-order valence-corrected chi connectivity index (χ0v) is 14.1. The normalized spacial score (nSPS) is 11.6. The molecular formula is C17H24N2OS. The quantitative estimate of drug-likeness (QED) is 0.869. The van der Waals surface area contributed by atoms with Crippen LogP contribution in [0.4, 0.5) is 0 Å². The van der Waals surface area contributed by atoms with Crippen LogP contribution in [-0.2, 0) is 19.6 Å². The average molecular weight is 304 g/mol. The van der Waals surface area contributed by atoms with Gasteiger partial charge in [-0.25, -0.2) is 4.98 Å². The minimum absolute atomic E-state index is 0.0953. The molecule has 0 bridgehead atoms. The molecule has 0 atom stereocenters. The van der Waals surface area contributed by atoms with Crippen molar-refractivity contribution in [3.05, 3.63) is 45.9 Å². The number of benzene rings is 1. The minimum Gasteiger partial charge on any atom is -0.487 e. The molecule has 0 aliphatic heterocycles. The topological polar surface area (TPSA) is 34.1 Å². The molecule has 0 radical (unpaired) electrons. The molecule has 0 fully saturated rings. The van der Waals surface area contributed by atoms with Gasteiger partial charge in [-0.05, 0) is 33.3 Å². The number of hydrogen-bond donors (Lipinski definition) is 1. The lowest BCUT2D eigenvalue weighted by Gasteiger charge is -2.21. The minimum atomic E-state index is 0.0953. The summed E-state index contributed by atoms with van der Waals surface area (Å²) in [5.41, 5.74) is 2.28. The molecule has 0 saturated carbocycles. The number of aromatic nitrogens is 1. The molecule has 1 heterocycles. The Morgan fingerprint density at radius 3 is 2.67 bits per heavy atom. The Morgan fingerprint density at radius 2 is 2.00 bits per heavy atom. The summed E-state index contributed by atoms with van der Waals surface area (Å²) < 4.78 is 5.95. The van der Waals surface area contributed by atoms with Crippen LogP contribution < -0.4 is 10.1 Å². The molecule has 0 aliphatic carbocycles. The fourth-order valence-corrected chi connectivity index (χ4v) is 2.61. The third-order valence-electron chi connectivity index (χ3n) is 3.06. The van der Waals surface area contributed by atoms with Gasteiger partial charge >= 0.3 is 0 Å². The number of aryl methyl sites for hydroxylation is 1. The summed E-state index contributed by atoms with van der Waals surface area (Å²) in [6.45, 7) is 9.95. The molecule has 21 heavy (non-hydrogen) atoms. The summed E-state index contributed by atoms with van der Waals surface area (Å²) >= 11 is 1.70. The van der Waals surface area contributed by atoms with Crippen LogP contribution in [0.2, 0.25) is 0 Å². The molecule has 0 unspecified atom stereocenters. The lowest BCUT2D eigenvalue weighted by atomic mass is 10.1. The number of nitrogens with one attached hydrogen (secondary N) is 1. The first-order valence-electron chi connectivity index (χ1n) is 7.37. The maximum atomic E-state index is 5.95. The Morgan fingerprint density at radius 1 is 1.24 bits per heavy atom. The highest BCUT2D eigenvalue weighted by Crippen LogP contribution is 2.20. The summed E-state index contributed by atoms with van der Waals surface area (Å²) in [5, 5.41) is 6.74. The smallest absolute Gasteiger partial charge is 0.131 e. The molecule has 0 amide bonds. The van der Waals surface area contributed by atoms with Gasteiger partial charge < -0.3 is 10.1 Å². The van der Waals surface area contributed by atoms with Crippen molar-refractivity contribution in [1.82, 2.24) is 10.3 Å². The molecule has 0 aliphatic rings. The molecule has 3 nitrogen and oxygen atoms in total. The van der Waals surface area contributed by atoms with Crippen molar-refractivity contribution in [2.24, 2.45) is 0 Å². The zero-order chi connectivity index (χ0) is 15.3. The summed E-state index contributed by atoms with van der Waals surface area (Å²) in [7, 11) is 0. The van der Waals surface area contributed by atoms with Gasteiger partial charge in [-0.2, -0.15) is 0 Å². The fraction of sp³-hybridized carbons (Fsp3) is 0.471. The summed E-state index contributed by atoms with van der Waals surface area (Å²) in [6.07, 6.45) is 0.983. The number of rotatable bonds is 6. The van der Waals surface area contributed by atoms with Gasteiger partial charge in [0.2, 0.25) is 0 Å². The van der Waals surface area contributed by atoms with E-state index in [9.17, 15) is 0 Å². The lowest BCUT2D eigenvalue weighted by Crippen LogP contribution is -2.35. The van der Waals surface area contributed by atoms with E-state index in [2.05, 4.69) is 49.4 Å². The van der Waals surface area contributed by atoms with E-state index in [0.717, 1.165) is 29.4 Å². The van der Waals surface area contributed by atoms with Crippen LogP contribution >= 0.6 is 11.3 Å². The molecule has 2 rings (SSSR count). The standard InChI is InChI=1S/C17H24N2OS/c1-5-16-19-14(12-21-16)11-20-15-9-7-6-8-13(15)10-18-17(2,3)4/h6-9,12,18H,5,10-11H2,1-4H3. The third kappa shape index (κ3) is 5.14. The molecule has 1 N–H and O–H groups in total. The van der Waals surface area contributed by atoms with Crippen molar-refractivity contribution in [2.45, 2.75) is 52.8 Å². The second kappa shape index (κ2) is 7.05. The molecule has 2 aromatic rings. The van der Waals surface area contributed by atoms with Gasteiger partial charge in [0.25, 0.3) is 0 Å². The monoisotopic (exact) mass is 304 g/mol. The van der Waals surface area contributed by atoms with E-state index in [4.69, 9.17) is 4.74 Å². The lowest BCUT2D eigenvalue weighted by molar-refractivity contribution is 0.296. The van der Waals surface area contributed by atoms with Crippen LogP contribution in [0.3, 0.4) is 0 Å². The second-order valence-corrected chi connectivity index (χ2v) is 7.03. The number of para-hydroxylation sites is 1. The van der Waals surface area contributed by atoms with Crippen LogP contribution in [0.25, 0.3) is 0 Å². The summed E-state index contributed by atoms with van der Waals surface area (Å²) in [5.74, 6) is 0.931. The molecule has 1 aromatic carbocycles. The maximum absolute atomic E-state index is 5.95. The fourth-order valence-electron chi connectivity index (χ4n) is 1.88. The van der Waals surface area contributed by atoms with Crippen LogP contribution in [0, 0.1) is 0 Å². The second-order valence-electron chi connectivity index (χ2n) is 6.09. The molecule has 114 valence electrons. The van der Waals surface area contributed by atoms with E-state index in [1.165, 1.54) is 5.56 Å². The largest absolute Gasteiger partial charge is 0.487 e. The highest BCUT2D eigenvalue weighted by atomic mass is 32.1. The number of hydrogen-bond acceptors (Lipinski definition) is 4. The molecular weight excluding hydrogens is 280 g/mol. The molecule has 0 saturated heterocycles. The highest BCUT2D eigenvalue weighted by molar-refractivity contribution is 7.09. The first kappa shape index (κ1) is 16.0. The predicted octanol–water partition coefficient (Wildman–Crippen LogP) is 4.17. The van der Waals surface area contributed by atoms with E-state index < -0.39 is 0 Å². The molecule has 4 heteroatoms. The average Bonchev–Trinajstić information content (AvgIpc) is 2.91. The highest BCUT2D eigenvalue weighted by Gasteiger charge is 2.11. The maximum Gasteiger partial charge on any atom is 0.131 e. The van der Waals surface area contributed by atoms with Crippen LogP contribution in [-0.4, -0.2) is 10.5 Å². The van der Waals surface area contributed by atoms with Gasteiger partial charge in [0.1, 0.15) is 12.4 Å². The van der Waals surface area contributed by atoms with Crippen molar-refractivity contribution in [2.75, 3.05) is 0 Å². The van der Waals surface area contributed by atoms with Gasteiger partial charge in [0, 0.05) is 23.0 Å². The molecule has 0 spiro atoms. The number of nitrogens with zero attached hydrogens (tertiary/aromatic N) is 1. The van der Waals surface area contributed by atoms with E-state index in [-0.39, 0.29) is 5.54 Å². The Balaban J connectivity index is 1.99. The van der Waals surface area contributed by atoms with E-state index >= 15 is 0 Å². The SMILES string of the molecule is CCc1nc(COc2ccccc2CNC(C)(C)C)cs1. The Kier molecular flexibility index (Phi) is 5.37. The van der Waals surface area contributed by atoms with E-state index in [0.29, 0.717) is 6.61 Å². The Labute approximate surface area is 131 Å². The van der Waals surface area contributed by atoms with Gasteiger partial charge in [-0.15, -0.1) is 11.3 Å². The van der Waals surface area contributed by atoms with Crippen molar-refractivity contribution < 1.29 is 4.74 Å². The first-order chi connectivity index (χ1) is 9.98. The van der Waals surface area contributed by atoms with E-state index in [1.54, 1.807) is 11.3 Å². The Hall–Kier alpha value is -1.39. The number of thiazole rings is 1.